The Hall–Kier alpha value is -3.79. The largest absolute Gasteiger partial charge is 0.502 e. The minimum absolute atomic E-state index is 0.0668. The number of nitrogens with one attached hydrogen (secondary N) is 2. The van der Waals surface area contributed by atoms with Crippen LogP contribution in [0.15, 0.2) is 57.6 Å². The lowest BCUT2D eigenvalue weighted by Crippen LogP contribution is -2.37. The van der Waals surface area contributed by atoms with Crippen molar-refractivity contribution in [2.24, 2.45) is 5.41 Å². The summed E-state index contributed by atoms with van der Waals surface area (Å²) in [5.74, 6) is -0.387. The Morgan fingerprint density at radius 3 is 2.47 bits per heavy atom. The standard InChI is InChI=1S/C28H28FN3O5S/c1-28(2)11-17-22(18(33)12-28)21(15-9-19(36-3)24(34)20(10-15)37-4)23-25(30-17)31-27(32-26(23)35)38-13-14-7-5-6-8-16(14)29/h5-10,21,34H,11-13H2,1-4H3,(H2,30,31,32,35)/t21-/m1/s1. The van der Waals surface area contributed by atoms with E-state index in [1.807, 2.05) is 13.8 Å². The Bertz CT molecular complexity index is 1510. The number of Topliss-reactive ketones (excluding diaryl/α,β-unsaturated/α-hetero) is 1. The number of thioether (sulfide) groups is 1. The van der Waals surface area contributed by atoms with Gasteiger partial charge in [-0.25, -0.2) is 9.37 Å². The lowest BCUT2D eigenvalue weighted by atomic mass is 9.69. The number of fused-ring (bicyclic) bond motifs is 1. The number of H-pyrrole nitrogens is 1. The number of nitrogens with zero attached hydrogens (tertiary/aromatic N) is 1. The number of ether oxygens (including phenoxy) is 2. The molecule has 3 aromatic rings. The van der Waals surface area contributed by atoms with Gasteiger partial charge >= 0.3 is 0 Å². The van der Waals surface area contributed by atoms with Gasteiger partial charge in [0.05, 0.1) is 19.8 Å². The van der Waals surface area contributed by atoms with E-state index in [1.165, 1.54) is 32.0 Å². The molecule has 2 heterocycles. The van der Waals surface area contributed by atoms with Crippen LogP contribution in [-0.2, 0) is 10.5 Å². The number of allylic oxidation sites excluding steroid dienone is 2. The number of aromatic nitrogens is 2. The number of phenols is 1. The van der Waals surface area contributed by atoms with Crippen LogP contribution in [0.3, 0.4) is 0 Å². The third-order valence-corrected chi connectivity index (χ3v) is 7.78. The highest BCUT2D eigenvalue weighted by atomic mass is 32.2. The van der Waals surface area contributed by atoms with E-state index in [4.69, 9.17) is 9.47 Å². The number of rotatable bonds is 6. The number of methoxy groups -OCH3 is 2. The molecule has 0 unspecified atom stereocenters. The molecule has 198 valence electrons. The summed E-state index contributed by atoms with van der Waals surface area (Å²) < 4.78 is 24.8. The van der Waals surface area contributed by atoms with Gasteiger partial charge in [-0.05, 0) is 41.2 Å². The first kappa shape index (κ1) is 25.8. The number of carbonyl (C=O) groups is 1. The molecule has 0 saturated carbocycles. The van der Waals surface area contributed by atoms with Crippen molar-refractivity contribution >= 4 is 23.4 Å². The van der Waals surface area contributed by atoms with Crippen LogP contribution in [0.25, 0.3) is 0 Å². The van der Waals surface area contributed by atoms with Crippen LogP contribution in [0.2, 0.25) is 0 Å². The summed E-state index contributed by atoms with van der Waals surface area (Å²) in [5.41, 5.74) is 1.83. The molecule has 5 rings (SSSR count). The van der Waals surface area contributed by atoms with E-state index < -0.39 is 11.5 Å². The quantitative estimate of drug-likeness (QED) is 0.293. The van der Waals surface area contributed by atoms with E-state index in [1.54, 1.807) is 30.3 Å². The molecular weight excluding hydrogens is 509 g/mol. The van der Waals surface area contributed by atoms with E-state index >= 15 is 0 Å². The normalized spacial score (nSPS) is 17.9. The molecular formula is C28H28FN3O5S. The van der Waals surface area contributed by atoms with Gasteiger partial charge in [0.1, 0.15) is 11.6 Å². The van der Waals surface area contributed by atoms with Crippen LogP contribution in [0.5, 0.6) is 17.2 Å². The molecule has 0 amide bonds. The van der Waals surface area contributed by atoms with Crippen LogP contribution < -0.4 is 20.3 Å². The van der Waals surface area contributed by atoms with Crippen LogP contribution in [0, 0.1) is 11.2 Å². The number of hydrogen-bond donors (Lipinski definition) is 3. The number of benzene rings is 2. The number of halogens is 1. The highest BCUT2D eigenvalue weighted by molar-refractivity contribution is 7.98. The van der Waals surface area contributed by atoms with Crippen molar-refractivity contribution < 1.29 is 23.8 Å². The first-order valence-corrected chi connectivity index (χ1v) is 13.1. The second-order valence-electron chi connectivity index (χ2n) is 10.2. The maximum Gasteiger partial charge on any atom is 0.257 e. The van der Waals surface area contributed by atoms with Crippen molar-refractivity contribution in [3.8, 4) is 17.2 Å². The highest BCUT2D eigenvalue weighted by Crippen LogP contribution is 2.50. The van der Waals surface area contributed by atoms with Crippen LogP contribution in [0.1, 0.15) is 49.3 Å². The predicted octanol–water partition coefficient (Wildman–Crippen LogP) is 5.12. The molecule has 3 N–H and O–H groups in total. The van der Waals surface area contributed by atoms with Gasteiger partial charge in [-0.15, -0.1) is 0 Å². The van der Waals surface area contributed by atoms with Crippen molar-refractivity contribution in [3.05, 3.63) is 80.5 Å². The van der Waals surface area contributed by atoms with Gasteiger partial charge in [0.2, 0.25) is 5.75 Å². The number of carbonyl (C=O) groups excluding carboxylic acids is 1. The van der Waals surface area contributed by atoms with E-state index in [2.05, 4.69) is 15.3 Å². The number of ketones is 1. The Labute approximate surface area is 223 Å². The second kappa shape index (κ2) is 9.83. The van der Waals surface area contributed by atoms with Crippen molar-refractivity contribution in [2.75, 3.05) is 19.5 Å². The maximum atomic E-state index is 14.1. The lowest BCUT2D eigenvalue weighted by Gasteiger charge is -2.38. The Kier molecular flexibility index (Phi) is 6.68. The molecule has 1 aliphatic heterocycles. The number of aromatic hydroxyl groups is 1. The van der Waals surface area contributed by atoms with Crippen molar-refractivity contribution in [3.63, 3.8) is 0 Å². The Morgan fingerprint density at radius 2 is 1.82 bits per heavy atom. The summed E-state index contributed by atoms with van der Waals surface area (Å²) in [7, 11) is 2.84. The molecule has 2 aromatic carbocycles. The van der Waals surface area contributed by atoms with Gasteiger partial charge in [-0.1, -0.05) is 43.8 Å². The van der Waals surface area contributed by atoms with E-state index in [0.717, 1.165) is 0 Å². The molecule has 10 heteroatoms. The molecule has 8 nitrogen and oxygen atoms in total. The number of hydrogen-bond acceptors (Lipinski definition) is 8. The summed E-state index contributed by atoms with van der Waals surface area (Å²) in [6.45, 7) is 4.04. The fourth-order valence-electron chi connectivity index (χ4n) is 5.14. The first-order valence-electron chi connectivity index (χ1n) is 12.1. The minimum Gasteiger partial charge on any atom is -0.502 e. The molecule has 1 aromatic heterocycles. The van der Waals surface area contributed by atoms with Gasteiger partial charge < -0.3 is 24.9 Å². The summed E-state index contributed by atoms with van der Waals surface area (Å²) in [5, 5.41) is 14.1. The SMILES string of the molecule is COc1cc([C@@H]2C3=C(CC(C)(C)CC3=O)Nc3nc(SCc4ccccc4F)[nH]c(=O)c32)cc(OC)c1O. The molecule has 38 heavy (non-hydrogen) atoms. The smallest absolute Gasteiger partial charge is 0.257 e. The van der Waals surface area contributed by atoms with Crippen LogP contribution in [0.4, 0.5) is 10.2 Å². The lowest BCUT2D eigenvalue weighted by molar-refractivity contribution is -0.118. The minimum atomic E-state index is -0.755. The van der Waals surface area contributed by atoms with E-state index in [-0.39, 0.29) is 45.6 Å². The molecule has 0 radical (unpaired) electrons. The molecule has 0 fully saturated rings. The van der Waals surface area contributed by atoms with Crippen molar-refractivity contribution in [2.45, 2.75) is 43.5 Å². The fraction of sp³-hybridized carbons (Fsp3) is 0.321. The van der Waals surface area contributed by atoms with Crippen molar-refractivity contribution in [1.29, 1.82) is 0 Å². The van der Waals surface area contributed by atoms with Gasteiger partial charge in [0.15, 0.2) is 22.4 Å². The molecule has 0 saturated heterocycles. The summed E-state index contributed by atoms with van der Waals surface area (Å²) in [4.78, 5) is 34.5. The zero-order chi connectivity index (χ0) is 27.2. The van der Waals surface area contributed by atoms with E-state index in [9.17, 15) is 19.1 Å². The average molecular weight is 538 g/mol. The summed E-state index contributed by atoms with van der Waals surface area (Å²) in [6.07, 6.45) is 0.913. The van der Waals surface area contributed by atoms with Crippen LogP contribution in [-0.4, -0.2) is 35.1 Å². The van der Waals surface area contributed by atoms with Gasteiger partial charge in [-0.2, -0.15) is 0 Å². The molecule has 2 aliphatic rings. The average Bonchev–Trinajstić information content (AvgIpc) is 2.86. The number of aromatic amines is 1. The first-order chi connectivity index (χ1) is 18.1. The van der Waals surface area contributed by atoms with E-state index in [0.29, 0.717) is 46.2 Å². The van der Waals surface area contributed by atoms with Gasteiger partial charge in [-0.3, -0.25) is 9.59 Å². The van der Waals surface area contributed by atoms with Crippen LogP contribution >= 0.6 is 11.8 Å². The van der Waals surface area contributed by atoms with Gasteiger partial charge in [0.25, 0.3) is 5.56 Å². The third kappa shape index (κ3) is 4.64. The topological polar surface area (TPSA) is 114 Å². The Balaban J connectivity index is 1.65. The Morgan fingerprint density at radius 1 is 1.13 bits per heavy atom. The second-order valence-corrected chi connectivity index (χ2v) is 11.1. The monoisotopic (exact) mass is 537 g/mol. The number of anilines is 1. The zero-order valence-electron chi connectivity index (χ0n) is 21.5. The predicted molar refractivity (Wildman–Crippen MR) is 143 cm³/mol. The zero-order valence-corrected chi connectivity index (χ0v) is 22.3. The summed E-state index contributed by atoms with van der Waals surface area (Å²) in [6, 6.07) is 9.67. The highest BCUT2D eigenvalue weighted by Gasteiger charge is 2.43. The third-order valence-electron chi connectivity index (χ3n) is 6.86. The van der Waals surface area contributed by atoms with Gasteiger partial charge in [0, 0.05) is 29.4 Å². The van der Waals surface area contributed by atoms with Crippen molar-refractivity contribution in [1.82, 2.24) is 9.97 Å². The molecule has 1 aliphatic carbocycles. The molecule has 0 bridgehead atoms. The number of phenolic OH excluding ortho intramolecular Hbond substituents is 1. The summed E-state index contributed by atoms with van der Waals surface area (Å²) >= 11 is 1.21. The molecule has 0 spiro atoms. The maximum absolute atomic E-state index is 14.1. The fourth-order valence-corrected chi connectivity index (χ4v) is 5.98. The molecule has 1 atom stereocenters.